The van der Waals surface area contributed by atoms with Gasteiger partial charge >= 0.3 is 5.69 Å². The van der Waals surface area contributed by atoms with Gasteiger partial charge in [0.1, 0.15) is 6.54 Å². The minimum absolute atomic E-state index is 0.163. The topological polar surface area (TPSA) is 130 Å². The standard InChI is InChI=1S/C14H16N4O5S/c1-24(22,23)17-11-4-2-3-10(7-11)8-15-13(20)9-18-6-5-12(19)16-14(18)21/h2-7,17H,8-9H2,1H3,(H,15,20)(H,16,19,21). The third-order valence-electron chi connectivity index (χ3n) is 2.93. The minimum Gasteiger partial charge on any atom is -0.350 e. The van der Waals surface area contributed by atoms with Gasteiger partial charge < -0.3 is 5.32 Å². The molecule has 10 heteroatoms. The Morgan fingerprint density at radius 1 is 1.25 bits per heavy atom. The molecule has 0 bridgehead atoms. The molecule has 2 rings (SSSR count). The summed E-state index contributed by atoms with van der Waals surface area (Å²) >= 11 is 0. The van der Waals surface area contributed by atoms with Crippen molar-refractivity contribution in [3.8, 4) is 0 Å². The first-order valence-electron chi connectivity index (χ1n) is 6.86. The van der Waals surface area contributed by atoms with Crippen molar-refractivity contribution in [2.75, 3.05) is 11.0 Å². The van der Waals surface area contributed by atoms with E-state index in [4.69, 9.17) is 0 Å². The second-order valence-corrected chi connectivity index (χ2v) is 6.84. The predicted molar refractivity (Wildman–Crippen MR) is 88.1 cm³/mol. The maximum absolute atomic E-state index is 11.9. The number of anilines is 1. The highest BCUT2D eigenvalue weighted by molar-refractivity contribution is 7.92. The summed E-state index contributed by atoms with van der Waals surface area (Å²) in [6.45, 7) is -0.0763. The lowest BCUT2D eigenvalue weighted by Crippen LogP contribution is -2.35. The van der Waals surface area contributed by atoms with Crippen molar-refractivity contribution < 1.29 is 13.2 Å². The summed E-state index contributed by atoms with van der Waals surface area (Å²) in [6, 6.07) is 7.70. The number of hydrogen-bond acceptors (Lipinski definition) is 5. The van der Waals surface area contributed by atoms with Crippen molar-refractivity contribution in [2.45, 2.75) is 13.1 Å². The molecule has 0 spiro atoms. The van der Waals surface area contributed by atoms with Gasteiger partial charge in [0.05, 0.1) is 6.26 Å². The second kappa shape index (κ2) is 7.13. The number of H-pyrrole nitrogens is 1. The zero-order valence-corrected chi connectivity index (χ0v) is 13.6. The number of benzene rings is 1. The molecule has 0 saturated heterocycles. The largest absolute Gasteiger partial charge is 0.350 e. The first-order valence-corrected chi connectivity index (χ1v) is 8.75. The smallest absolute Gasteiger partial charge is 0.328 e. The molecule has 128 valence electrons. The van der Waals surface area contributed by atoms with Gasteiger partial charge in [0.2, 0.25) is 15.9 Å². The summed E-state index contributed by atoms with van der Waals surface area (Å²) in [5.41, 5.74) is -0.129. The number of nitrogens with zero attached hydrogens (tertiary/aromatic N) is 1. The van der Waals surface area contributed by atoms with Crippen molar-refractivity contribution in [3.63, 3.8) is 0 Å². The summed E-state index contributed by atoms with van der Waals surface area (Å²) in [4.78, 5) is 36.4. The minimum atomic E-state index is -3.38. The van der Waals surface area contributed by atoms with Gasteiger partial charge in [0.15, 0.2) is 0 Å². The monoisotopic (exact) mass is 352 g/mol. The van der Waals surface area contributed by atoms with Crippen molar-refractivity contribution in [1.82, 2.24) is 14.9 Å². The molecule has 0 saturated carbocycles. The van der Waals surface area contributed by atoms with Gasteiger partial charge in [-0.15, -0.1) is 0 Å². The van der Waals surface area contributed by atoms with Crippen LogP contribution in [-0.2, 0) is 27.9 Å². The third kappa shape index (κ3) is 5.39. The predicted octanol–water partition coefficient (Wildman–Crippen LogP) is -0.775. The second-order valence-electron chi connectivity index (χ2n) is 5.09. The van der Waals surface area contributed by atoms with Gasteiger partial charge in [-0.25, -0.2) is 13.2 Å². The fraction of sp³-hybridized carbons (Fsp3) is 0.214. The quantitative estimate of drug-likeness (QED) is 0.628. The highest BCUT2D eigenvalue weighted by Gasteiger charge is 2.06. The van der Waals surface area contributed by atoms with Crippen molar-refractivity contribution >= 4 is 21.6 Å². The first kappa shape index (κ1) is 17.5. The Kier molecular flexibility index (Phi) is 5.19. The van der Waals surface area contributed by atoms with Crippen molar-refractivity contribution in [1.29, 1.82) is 0 Å². The Bertz CT molecular complexity index is 961. The Hall–Kier alpha value is -2.88. The van der Waals surface area contributed by atoms with Crippen LogP contribution in [-0.4, -0.2) is 30.1 Å². The van der Waals surface area contributed by atoms with E-state index in [0.717, 1.165) is 16.9 Å². The maximum atomic E-state index is 11.9. The maximum Gasteiger partial charge on any atom is 0.328 e. The van der Waals surface area contributed by atoms with Crippen LogP contribution in [0.2, 0.25) is 0 Å². The lowest BCUT2D eigenvalue weighted by Gasteiger charge is -2.09. The molecule has 3 N–H and O–H groups in total. The summed E-state index contributed by atoms with van der Waals surface area (Å²) in [5.74, 6) is -0.425. The Morgan fingerprint density at radius 2 is 2.00 bits per heavy atom. The Balaban J connectivity index is 1.98. The normalized spacial score (nSPS) is 11.0. The number of carbonyl (C=O) groups is 1. The zero-order chi connectivity index (χ0) is 17.7. The molecule has 0 atom stereocenters. The van der Waals surface area contributed by atoms with Crippen LogP contribution in [0.15, 0.2) is 46.1 Å². The third-order valence-corrected chi connectivity index (χ3v) is 3.54. The average Bonchev–Trinajstić information content (AvgIpc) is 2.47. The summed E-state index contributed by atoms with van der Waals surface area (Å²) in [5, 5.41) is 2.61. The molecule has 0 fully saturated rings. The molecule has 0 aliphatic rings. The number of aromatic nitrogens is 2. The van der Waals surface area contributed by atoms with E-state index >= 15 is 0 Å². The molecule has 1 aromatic heterocycles. The molecule has 1 amide bonds. The van der Waals surface area contributed by atoms with Gasteiger partial charge in [0, 0.05) is 24.5 Å². The van der Waals surface area contributed by atoms with Gasteiger partial charge in [-0.05, 0) is 17.7 Å². The Labute approximate surface area is 137 Å². The highest BCUT2D eigenvalue weighted by Crippen LogP contribution is 2.11. The fourth-order valence-corrected chi connectivity index (χ4v) is 2.49. The van der Waals surface area contributed by atoms with E-state index < -0.39 is 27.2 Å². The lowest BCUT2D eigenvalue weighted by molar-refractivity contribution is -0.121. The van der Waals surface area contributed by atoms with Crippen LogP contribution in [0.4, 0.5) is 5.69 Å². The lowest BCUT2D eigenvalue weighted by atomic mass is 10.2. The number of carbonyl (C=O) groups excluding carboxylic acids is 1. The number of rotatable bonds is 6. The number of nitrogens with one attached hydrogen (secondary N) is 3. The van der Waals surface area contributed by atoms with Gasteiger partial charge in [-0.2, -0.15) is 0 Å². The van der Waals surface area contributed by atoms with E-state index in [1.807, 2.05) is 0 Å². The highest BCUT2D eigenvalue weighted by atomic mass is 32.2. The summed E-state index contributed by atoms with van der Waals surface area (Å²) in [7, 11) is -3.38. The van der Waals surface area contributed by atoms with Crippen LogP contribution in [0, 0.1) is 0 Å². The summed E-state index contributed by atoms with van der Waals surface area (Å²) in [6.07, 6.45) is 2.28. The average molecular weight is 352 g/mol. The molecule has 0 aliphatic carbocycles. The molecule has 1 aromatic carbocycles. The van der Waals surface area contributed by atoms with Crippen LogP contribution < -0.4 is 21.3 Å². The molecule has 0 radical (unpaired) electrons. The molecule has 0 aliphatic heterocycles. The van der Waals surface area contributed by atoms with E-state index in [2.05, 4.69) is 15.0 Å². The fourth-order valence-electron chi connectivity index (χ4n) is 1.94. The van der Waals surface area contributed by atoms with Crippen LogP contribution in [0.5, 0.6) is 0 Å². The van der Waals surface area contributed by atoms with E-state index in [-0.39, 0.29) is 13.1 Å². The Morgan fingerprint density at radius 3 is 2.67 bits per heavy atom. The number of aromatic amines is 1. The molecule has 9 nitrogen and oxygen atoms in total. The van der Waals surface area contributed by atoms with Gasteiger partial charge in [-0.3, -0.25) is 23.9 Å². The van der Waals surface area contributed by atoms with E-state index in [1.54, 1.807) is 24.3 Å². The van der Waals surface area contributed by atoms with Crippen LogP contribution in [0.1, 0.15) is 5.56 Å². The van der Waals surface area contributed by atoms with E-state index in [0.29, 0.717) is 11.3 Å². The molecule has 1 heterocycles. The molecule has 24 heavy (non-hydrogen) atoms. The van der Waals surface area contributed by atoms with Gasteiger partial charge in [-0.1, -0.05) is 12.1 Å². The summed E-state index contributed by atoms with van der Waals surface area (Å²) < 4.78 is 25.8. The van der Waals surface area contributed by atoms with Gasteiger partial charge in [0.25, 0.3) is 5.56 Å². The number of hydrogen-bond donors (Lipinski definition) is 3. The van der Waals surface area contributed by atoms with Crippen LogP contribution >= 0.6 is 0 Å². The number of amides is 1. The van der Waals surface area contributed by atoms with Crippen molar-refractivity contribution in [3.05, 3.63) is 62.9 Å². The molecular formula is C14H16N4O5S. The SMILES string of the molecule is CS(=O)(=O)Nc1cccc(CNC(=O)Cn2ccc(=O)[nH]c2=O)c1. The van der Waals surface area contributed by atoms with Crippen LogP contribution in [0.25, 0.3) is 0 Å². The number of sulfonamides is 1. The molecular weight excluding hydrogens is 336 g/mol. The van der Waals surface area contributed by atoms with E-state index in [9.17, 15) is 22.8 Å². The van der Waals surface area contributed by atoms with E-state index in [1.165, 1.54) is 6.20 Å². The molecule has 0 unspecified atom stereocenters. The zero-order valence-electron chi connectivity index (χ0n) is 12.8. The molecule has 2 aromatic rings. The van der Waals surface area contributed by atoms with Crippen LogP contribution in [0.3, 0.4) is 0 Å². The van der Waals surface area contributed by atoms with Crippen molar-refractivity contribution in [2.24, 2.45) is 0 Å². The first-order chi connectivity index (χ1) is 11.2.